The molecule has 1 aliphatic carbocycles. The number of hydrogen-bond donors (Lipinski definition) is 1. The van der Waals surface area contributed by atoms with E-state index >= 15 is 0 Å². The molecule has 0 amide bonds. The molecule has 3 nitrogen and oxygen atoms in total. The number of nitrogens with two attached hydrogens (primary N) is 1. The van der Waals surface area contributed by atoms with Crippen LogP contribution in [0.1, 0.15) is 35.0 Å². The monoisotopic (exact) mass is 260 g/mol. The predicted octanol–water partition coefficient (Wildman–Crippen LogP) is 3.06. The summed E-state index contributed by atoms with van der Waals surface area (Å²) >= 11 is 1.62. The van der Waals surface area contributed by atoms with Gasteiger partial charge in [-0.05, 0) is 42.5 Å². The largest absolute Gasteiger partial charge is 0.486 e. The smallest absolute Gasteiger partial charge is 0.140 e. The Morgan fingerprint density at radius 2 is 2.39 bits per heavy atom. The molecule has 1 unspecified atom stereocenters. The van der Waals surface area contributed by atoms with Gasteiger partial charge in [0.25, 0.3) is 0 Å². The van der Waals surface area contributed by atoms with E-state index in [2.05, 4.69) is 17.1 Å². The van der Waals surface area contributed by atoms with E-state index in [0.717, 1.165) is 23.6 Å². The van der Waals surface area contributed by atoms with Crippen molar-refractivity contribution in [2.45, 2.75) is 31.9 Å². The van der Waals surface area contributed by atoms with Crippen molar-refractivity contribution in [2.24, 2.45) is 5.73 Å². The van der Waals surface area contributed by atoms with Gasteiger partial charge in [-0.3, -0.25) is 0 Å². The lowest BCUT2D eigenvalue weighted by atomic mass is 9.88. The molecular weight excluding hydrogens is 244 g/mol. The van der Waals surface area contributed by atoms with Crippen molar-refractivity contribution < 1.29 is 4.74 Å². The van der Waals surface area contributed by atoms with Crippen molar-refractivity contribution in [3.05, 3.63) is 45.9 Å². The number of aryl methyl sites for hydroxylation is 1. The minimum Gasteiger partial charge on any atom is -0.486 e. The quantitative estimate of drug-likeness (QED) is 0.922. The SMILES string of the molecule is NC1CCCc2cc(OCc3nccs3)ccc21. The fourth-order valence-corrected chi connectivity index (χ4v) is 2.91. The molecule has 0 saturated heterocycles. The average molecular weight is 260 g/mol. The van der Waals surface area contributed by atoms with Gasteiger partial charge < -0.3 is 10.5 Å². The van der Waals surface area contributed by atoms with Crippen LogP contribution in [0.25, 0.3) is 0 Å². The van der Waals surface area contributed by atoms with E-state index in [1.165, 1.54) is 17.5 Å². The highest BCUT2D eigenvalue weighted by molar-refractivity contribution is 7.09. The molecule has 94 valence electrons. The molecule has 4 heteroatoms. The summed E-state index contributed by atoms with van der Waals surface area (Å²) in [5, 5.41) is 2.97. The highest BCUT2D eigenvalue weighted by atomic mass is 32.1. The molecule has 0 bridgehead atoms. The molecule has 1 aromatic heterocycles. The van der Waals surface area contributed by atoms with Gasteiger partial charge in [-0.15, -0.1) is 11.3 Å². The van der Waals surface area contributed by atoms with Gasteiger partial charge in [-0.25, -0.2) is 4.98 Å². The number of thiazole rings is 1. The minimum absolute atomic E-state index is 0.196. The fraction of sp³-hybridized carbons (Fsp3) is 0.357. The molecule has 0 saturated carbocycles. The van der Waals surface area contributed by atoms with E-state index < -0.39 is 0 Å². The molecule has 0 aliphatic heterocycles. The molecule has 2 aromatic rings. The van der Waals surface area contributed by atoms with E-state index in [0.29, 0.717) is 6.61 Å². The zero-order valence-corrected chi connectivity index (χ0v) is 11.0. The predicted molar refractivity (Wildman–Crippen MR) is 72.8 cm³/mol. The van der Waals surface area contributed by atoms with Crippen LogP contribution in [-0.4, -0.2) is 4.98 Å². The Balaban J connectivity index is 1.74. The molecule has 0 spiro atoms. The van der Waals surface area contributed by atoms with Crippen molar-refractivity contribution >= 4 is 11.3 Å². The highest BCUT2D eigenvalue weighted by Gasteiger charge is 2.16. The molecule has 18 heavy (non-hydrogen) atoms. The number of rotatable bonds is 3. The Labute approximate surface area is 111 Å². The number of aromatic nitrogens is 1. The van der Waals surface area contributed by atoms with Crippen LogP contribution < -0.4 is 10.5 Å². The average Bonchev–Trinajstić information content (AvgIpc) is 2.90. The van der Waals surface area contributed by atoms with Crippen molar-refractivity contribution in [2.75, 3.05) is 0 Å². The van der Waals surface area contributed by atoms with Crippen LogP contribution in [0.4, 0.5) is 0 Å². The van der Waals surface area contributed by atoms with Crippen molar-refractivity contribution in [1.29, 1.82) is 0 Å². The molecule has 3 rings (SSSR count). The first-order chi connectivity index (χ1) is 8.83. The lowest BCUT2D eigenvalue weighted by Crippen LogP contribution is -2.17. The summed E-state index contributed by atoms with van der Waals surface area (Å²) in [6.07, 6.45) is 5.17. The Morgan fingerprint density at radius 3 is 3.22 bits per heavy atom. The van der Waals surface area contributed by atoms with Crippen molar-refractivity contribution in [3.8, 4) is 5.75 Å². The lowest BCUT2D eigenvalue weighted by Gasteiger charge is -2.22. The normalized spacial score (nSPS) is 18.4. The van der Waals surface area contributed by atoms with Crippen LogP contribution in [0, 0.1) is 0 Å². The summed E-state index contributed by atoms with van der Waals surface area (Å²) in [6.45, 7) is 0.544. The van der Waals surface area contributed by atoms with E-state index in [1.807, 2.05) is 11.4 Å². The maximum absolute atomic E-state index is 6.10. The second-order valence-corrected chi connectivity index (χ2v) is 5.55. The summed E-state index contributed by atoms with van der Waals surface area (Å²) in [5.74, 6) is 0.915. The first-order valence-electron chi connectivity index (χ1n) is 6.22. The molecule has 1 aliphatic rings. The third-order valence-corrected chi connectivity index (χ3v) is 4.07. The second-order valence-electron chi connectivity index (χ2n) is 4.57. The summed E-state index contributed by atoms with van der Waals surface area (Å²) in [4.78, 5) is 4.20. The Bertz CT molecular complexity index is 525. The summed E-state index contributed by atoms with van der Waals surface area (Å²) in [6, 6.07) is 6.44. The van der Waals surface area contributed by atoms with Crippen molar-refractivity contribution in [1.82, 2.24) is 4.98 Å². The second kappa shape index (κ2) is 5.08. The summed E-state index contributed by atoms with van der Waals surface area (Å²) in [5.41, 5.74) is 8.72. The fourth-order valence-electron chi connectivity index (χ4n) is 2.39. The number of fused-ring (bicyclic) bond motifs is 1. The van der Waals surface area contributed by atoms with E-state index in [1.54, 1.807) is 17.5 Å². The summed E-state index contributed by atoms with van der Waals surface area (Å²) in [7, 11) is 0. The van der Waals surface area contributed by atoms with Gasteiger partial charge in [-0.2, -0.15) is 0 Å². The van der Waals surface area contributed by atoms with Crippen LogP contribution in [0.15, 0.2) is 29.8 Å². The van der Waals surface area contributed by atoms with Gasteiger partial charge in [0.1, 0.15) is 17.4 Å². The van der Waals surface area contributed by atoms with E-state index in [9.17, 15) is 0 Å². The van der Waals surface area contributed by atoms with Gasteiger partial charge in [0.05, 0.1) is 0 Å². The lowest BCUT2D eigenvalue weighted by molar-refractivity contribution is 0.305. The van der Waals surface area contributed by atoms with Crippen LogP contribution in [0.2, 0.25) is 0 Å². The number of nitrogens with zero attached hydrogens (tertiary/aromatic N) is 1. The molecule has 0 radical (unpaired) electrons. The minimum atomic E-state index is 0.196. The van der Waals surface area contributed by atoms with E-state index in [-0.39, 0.29) is 6.04 Å². The zero-order valence-electron chi connectivity index (χ0n) is 10.1. The number of ether oxygens (including phenoxy) is 1. The first-order valence-corrected chi connectivity index (χ1v) is 7.10. The van der Waals surface area contributed by atoms with Crippen LogP contribution >= 0.6 is 11.3 Å². The van der Waals surface area contributed by atoms with Gasteiger partial charge in [0.2, 0.25) is 0 Å². The Hall–Kier alpha value is -1.39. The summed E-state index contributed by atoms with van der Waals surface area (Å²) < 4.78 is 5.76. The van der Waals surface area contributed by atoms with Gasteiger partial charge >= 0.3 is 0 Å². The maximum atomic E-state index is 6.10. The Morgan fingerprint density at radius 1 is 1.44 bits per heavy atom. The maximum Gasteiger partial charge on any atom is 0.140 e. The van der Waals surface area contributed by atoms with Crippen LogP contribution in [0.3, 0.4) is 0 Å². The molecular formula is C14H16N2OS. The molecule has 1 aromatic carbocycles. The zero-order chi connectivity index (χ0) is 12.4. The number of benzene rings is 1. The van der Waals surface area contributed by atoms with Crippen molar-refractivity contribution in [3.63, 3.8) is 0 Å². The van der Waals surface area contributed by atoms with E-state index in [4.69, 9.17) is 10.5 Å². The topological polar surface area (TPSA) is 48.1 Å². The van der Waals surface area contributed by atoms with Gasteiger partial charge in [0, 0.05) is 17.6 Å². The highest BCUT2D eigenvalue weighted by Crippen LogP contribution is 2.30. The molecule has 1 atom stereocenters. The van der Waals surface area contributed by atoms with Gasteiger partial charge in [0.15, 0.2) is 0 Å². The number of hydrogen-bond acceptors (Lipinski definition) is 4. The standard InChI is InChI=1S/C14H16N2OS/c15-13-3-1-2-10-8-11(4-5-12(10)13)17-9-14-16-6-7-18-14/h4-8,13H,1-3,9,15H2. The van der Waals surface area contributed by atoms with Crippen LogP contribution in [-0.2, 0) is 13.0 Å². The van der Waals surface area contributed by atoms with Crippen LogP contribution in [0.5, 0.6) is 5.75 Å². The molecule has 0 fully saturated rings. The first kappa shape index (κ1) is 11.7. The molecule has 2 N–H and O–H groups in total. The molecule has 1 heterocycles. The van der Waals surface area contributed by atoms with Gasteiger partial charge in [-0.1, -0.05) is 6.07 Å². The third kappa shape index (κ3) is 2.40. The third-order valence-electron chi connectivity index (χ3n) is 3.32. The Kier molecular flexibility index (Phi) is 3.30.